The van der Waals surface area contributed by atoms with Crippen molar-refractivity contribution in [3.63, 3.8) is 0 Å². The van der Waals surface area contributed by atoms with Crippen LogP contribution in [0.1, 0.15) is 44.9 Å². The van der Waals surface area contributed by atoms with E-state index in [2.05, 4.69) is 10.6 Å². The lowest BCUT2D eigenvalue weighted by atomic mass is 9.85. The summed E-state index contributed by atoms with van der Waals surface area (Å²) in [5.41, 5.74) is 0.161. The molecule has 0 fully saturated rings. The minimum absolute atomic E-state index is 0.0118. The summed E-state index contributed by atoms with van der Waals surface area (Å²) in [6.07, 6.45) is -0.954. The van der Waals surface area contributed by atoms with Crippen LogP contribution in [0.2, 0.25) is 0 Å². The molecule has 2 rings (SSSR count). The van der Waals surface area contributed by atoms with Crippen molar-refractivity contribution < 1.29 is 14.6 Å². The Balaban J connectivity index is 2.30. The lowest BCUT2D eigenvalue weighted by molar-refractivity contribution is -0.0229. The van der Waals surface area contributed by atoms with Gasteiger partial charge in [0.15, 0.2) is 0 Å². The molecular weight excluding hydrogens is 282 g/mol. The predicted molar refractivity (Wildman–Crippen MR) is 81.4 cm³/mol. The molecule has 0 bridgehead atoms. The van der Waals surface area contributed by atoms with E-state index in [1.807, 2.05) is 19.9 Å². The minimum Gasteiger partial charge on any atom is -0.485 e. The summed E-state index contributed by atoms with van der Waals surface area (Å²) in [5.74, 6) is 0.527. The standard InChI is InChI=1S/C16H21N3O3/c1-9(2)18-15(21)19-14-13(20)11-7-10(8-17)5-6-12(11)22-16(14,3)4/h5-7,9,13-14,20H,1-4H3,(H2,18,19,21)/t13?,14-/m1/s1. The largest absolute Gasteiger partial charge is 0.485 e. The Labute approximate surface area is 130 Å². The second-order valence-electron chi connectivity index (χ2n) is 6.26. The smallest absolute Gasteiger partial charge is 0.315 e. The van der Waals surface area contributed by atoms with Gasteiger partial charge in [0.05, 0.1) is 17.7 Å². The molecule has 2 amide bonds. The second-order valence-corrected chi connectivity index (χ2v) is 6.26. The molecule has 3 N–H and O–H groups in total. The van der Waals surface area contributed by atoms with E-state index in [0.717, 1.165) is 0 Å². The van der Waals surface area contributed by atoms with E-state index in [0.29, 0.717) is 16.9 Å². The number of carbonyl (C=O) groups is 1. The molecule has 1 aromatic carbocycles. The van der Waals surface area contributed by atoms with Gasteiger partial charge in [0, 0.05) is 11.6 Å². The zero-order valence-corrected chi connectivity index (χ0v) is 13.2. The van der Waals surface area contributed by atoms with Crippen molar-refractivity contribution in [1.29, 1.82) is 5.26 Å². The van der Waals surface area contributed by atoms with E-state index in [-0.39, 0.29) is 12.1 Å². The maximum Gasteiger partial charge on any atom is 0.315 e. The fourth-order valence-electron chi connectivity index (χ4n) is 2.55. The van der Waals surface area contributed by atoms with E-state index >= 15 is 0 Å². The number of hydrogen-bond acceptors (Lipinski definition) is 4. The summed E-state index contributed by atoms with van der Waals surface area (Å²) in [5, 5.41) is 25.1. The maximum atomic E-state index is 11.9. The van der Waals surface area contributed by atoms with Gasteiger partial charge in [0.25, 0.3) is 0 Å². The summed E-state index contributed by atoms with van der Waals surface area (Å²) in [6.45, 7) is 7.31. The number of rotatable bonds is 2. The Morgan fingerprint density at radius 1 is 1.45 bits per heavy atom. The normalized spacial score (nSPS) is 22.2. The average Bonchev–Trinajstić information content (AvgIpc) is 2.42. The number of nitrogens with one attached hydrogen (secondary N) is 2. The highest BCUT2D eigenvalue weighted by molar-refractivity contribution is 5.75. The van der Waals surface area contributed by atoms with Gasteiger partial charge >= 0.3 is 6.03 Å². The van der Waals surface area contributed by atoms with Crippen molar-refractivity contribution in [3.05, 3.63) is 29.3 Å². The molecule has 118 valence electrons. The van der Waals surface area contributed by atoms with Crippen LogP contribution < -0.4 is 15.4 Å². The van der Waals surface area contributed by atoms with Crippen LogP contribution in [0.15, 0.2) is 18.2 Å². The Morgan fingerprint density at radius 2 is 2.14 bits per heavy atom. The molecule has 0 aromatic heterocycles. The van der Waals surface area contributed by atoms with Crippen molar-refractivity contribution in [2.24, 2.45) is 0 Å². The number of aliphatic hydroxyl groups is 1. The van der Waals surface area contributed by atoms with Gasteiger partial charge in [-0.05, 0) is 45.9 Å². The van der Waals surface area contributed by atoms with Crippen LogP contribution in [0.4, 0.5) is 4.79 Å². The lowest BCUT2D eigenvalue weighted by Crippen LogP contribution is -2.60. The Kier molecular flexibility index (Phi) is 4.29. The van der Waals surface area contributed by atoms with Crippen LogP contribution in [0.25, 0.3) is 0 Å². The maximum absolute atomic E-state index is 11.9. The first kappa shape index (κ1) is 16.1. The van der Waals surface area contributed by atoms with Gasteiger partial charge in [-0.25, -0.2) is 4.79 Å². The van der Waals surface area contributed by atoms with Gasteiger partial charge < -0.3 is 20.5 Å². The van der Waals surface area contributed by atoms with Gasteiger partial charge in [-0.15, -0.1) is 0 Å². The van der Waals surface area contributed by atoms with Crippen LogP contribution in [0.5, 0.6) is 5.75 Å². The summed E-state index contributed by atoms with van der Waals surface area (Å²) in [4.78, 5) is 11.9. The molecule has 0 spiro atoms. The fraction of sp³-hybridized carbons (Fsp3) is 0.500. The molecule has 1 aliphatic rings. The molecule has 0 radical (unpaired) electrons. The van der Waals surface area contributed by atoms with Crippen molar-refractivity contribution in [1.82, 2.24) is 10.6 Å². The third kappa shape index (κ3) is 3.15. The van der Waals surface area contributed by atoms with E-state index in [1.54, 1.807) is 32.0 Å². The third-order valence-electron chi connectivity index (χ3n) is 3.60. The molecule has 0 aliphatic carbocycles. The molecule has 1 aromatic rings. The molecule has 22 heavy (non-hydrogen) atoms. The van der Waals surface area contributed by atoms with E-state index in [4.69, 9.17) is 10.00 Å². The number of fused-ring (bicyclic) bond motifs is 1. The van der Waals surface area contributed by atoms with Crippen molar-refractivity contribution in [2.75, 3.05) is 0 Å². The molecule has 6 heteroatoms. The zero-order valence-electron chi connectivity index (χ0n) is 13.2. The number of benzene rings is 1. The average molecular weight is 303 g/mol. The number of aliphatic hydroxyl groups excluding tert-OH is 1. The Hall–Kier alpha value is -2.26. The fourth-order valence-corrected chi connectivity index (χ4v) is 2.55. The van der Waals surface area contributed by atoms with E-state index in [1.165, 1.54) is 0 Å². The summed E-state index contributed by atoms with van der Waals surface area (Å²) < 4.78 is 5.90. The van der Waals surface area contributed by atoms with Crippen LogP contribution in [0, 0.1) is 11.3 Å². The van der Waals surface area contributed by atoms with Crippen LogP contribution >= 0.6 is 0 Å². The Morgan fingerprint density at radius 3 is 2.73 bits per heavy atom. The summed E-state index contributed by atoms with van der Waals surface area (Å²) in [6, 6.07) is 5.92. The van der Waals surface area contributed by atoms with E-state index < -0.39 is 17.7 Å². The van der Waals surface area contributed by atoms with Gasteiger partial charge in [0.1, 0.15) is 17.5 Å². The van der Waals surface area contributed by atoms with Crippen LogP contribution in [-0.2, 0) is 0 Å². The number of carbonyl (C=O) groups excluding carboxylic acids is 1. The molecule has 6 nitrogen and oxygen atoms in total. The lowest BCUT2D eigenvalue weighted by Gasteiger charge is -2.43. The zero-order chi connectivity index (χ0) is 16.5. The Bertz CT molecular complexity index is 620. The first-order valence-corrected chi connectivity index (χ1v) is 7.22. The number of ether oxygens (including phenoxy) is 1. The monoisotopic (exact) mass is 303 g/mol. The number of amides is 2. The topological polar surface area (TPSA) is 94.4 Å². The molecule has 0 saturated heterocycles. The van der Waals surface area contributed by atoms with Crippen molar-refractivity contribution in [2.45, 2.75) is 51.5 Å². The second kappa shape index (κ2) is 5.85. The number of hydrogen-bond donors (Lipinski definition) is 3. The number of nitriles is 1. The molecular formula is C16H21N3O3. The highest BCUT2D eigenvalue weighted by Crippen LogP contribution is 2.40. The third-order valence-corrected chi connectivity index (χ3v) is 3.60. The first-order valence-electron chi connectivity index (χ1n) is 7.22. The first-order chi connectivity index (χ1) is 10.2. The molecule has 1 unspecified atom stereocenters. The van der Waals surface area contributed by atoms with Crippen LogP contribution in [-0.4, -0.2) is 28.8 Å². The molecule has 2 atom stereocenters. The van der Waals surface area contributed by atoms with Gasteiger partial charge in [-0.2, -0.15) is 5.26 Å². The molecule has 0 saturated carbocycles. The quantitative estimate of drug-likeness (QED) is 0.777. The summed E-state index contributed by atoms with van der Waals surface area (Å²) >= 11 is 0. The highest BCUT2D eigenvalue weighted by atomic mass is 16.5. The van der Waals surface area contributed by atoms with Crippen molar-refractivity contribution >= 4 is 6.03 Å². The van der Waals surface area contributed by atoms with Crippen LogP contribution in [0.3, 0.4) is 0 Å². The van der Waals surface area contributed by atoms with Gasteiger partial charge in [0.2, 0.25) is 0 Å². The molecule has 1 aliphatic heterocycles. The summed E-state index contributed by atoms with van der Waals surface area (Å²) in [7, 11) is 0. The molecule has 1 heterocycles. The SMILES string of the molecule is CC(C)NC(=O)N[C@@H]1C(O)c2cc(C#N)ccc2OC1(C)C. The van der Waals surface area contributed by atoms with Gasteiger partial charge in [-0.1, -0.05) is 0 Å². The number of nitrogens with zero attached hydrogens (tertiary/aromatic N) is 1. The van der Waals surface area contributed by atoms with E-state index in [9.17, 15) is 9.90 Å². The minimum atomic E-state index is -0.954. The van der Waals surface area contributed by atoms with Crippen molar-refractivity contribution in [3.8, 4) is 11.8 Å². The number of urea groups is 1. The highest BCUT2D eigenvalue weighted by Gasteiger charge is 2.44. The predicted octanol–water partition coefficient (Wildman–Crippen LogP) is 1.84. The van der Waals surface area contributed by atoms with Gasteiger partial charge in [-0.3, -0.25) is 0 Å².